The first kappa shape index (κ1) is 14.2. The summed E-state index contributed by atoms with van der Waals surface area (Å²) in [6.45, 7) is 0.205. The summed E-state index contributed by atoms with van der Waals surface area (Å²) in [4.78, 5) is 13.1. The second-order valence-corrected chi connectivity index (χ2v) is 6.57. The van der Waals surface area contributed by atoms with Gasteiger partial charge in [0.2, 0.25) is 15.9 Å². The fourth-order valence-electron chi connectivity index (χ4n) is 2.12. The van der Waals surface area contributed by atoms with Gasteiger partial charge in [-0.25, -0.2) is 17.9 Å². The Morgan fingerprint density at radius 2 is 2.16 bits per heavy atom. The van der Waals surface area contributed by atoms with Crippen molar-refractivity contribution in [3.05, 3.63) is 29.0 Å². The zero-order valence-electron chi connectivity index (χ0n) is 9.84. The highest BCUT2D eigenvalue weighted by molar-refractivity contribution is 7.89. The Hall–Kier alpha value is -1.18. The number of nitrogens with zero attached hydrogens (tertiary/aromatic N) is 1. The third-order valence-corrected chi connectivity index (χ3v) is 4.13. The van der Waals surface area contributed by atoms with E-state index in [1.807, 2.05) is 0 Å². The van der Waals surface area contributed by atoms with Crippen molar-refractivity contribution in [2.45, 2.75) is 6.42 Å². The molecule has 0 aromatic heterocycles. The Balaban J connectivity index is 2.18. The van der Waals surface area contributed by atoms with Gasteiger partial charge in [0.05, 0.1) is 10.8 Å². The number of carbonyl (C=O) groups excluding carboxylic acids is 1. The van der Waals surface area contributed by atoms with Crippen LogP contribution in [0.4, 0.5) is 10.1 Å². The normalized spacial score (nSPS) is 20.1. The summed E-state index contributed by atoms with van der Waals surface area (Å²) < 4.78 is 35.4. The number of primary sulfonamides is 1. The van der Waals surface area contributed by atoms with Crippen LogP contribution in [0.2, 0.25) is 5.02 Å². The third kappa shape index (κ3) is 3.43. The number of hydrogen-bond donors (Lipinski definition) is 1. The van der Waals surface area contributed by atoms with E-state index in [1.54, 1.807) is 0 Å². The summed E-state index contributed by atoms with van der Waals surface area (Å²) in [7, 11) is -3.63. The van der Waals surface area contributed by atoms with Gasteiger partial charge < -0.3 is 4.90 Å². The number of hydrogen-bond acceptors (Lipinski definition) is 3. The van der Waals surface area contributed by atoms with E-state index in [-0.39, 0.29) is 35.6 Å². The zero-order chi connectivity index (χ0) is 14.2. The number of rotatable bonds is 3. The SMILES string of the molecule is NS(=O)(=O)CC1CC(=O)N(c2ccc(Cl)c(F)c2)C1. The Kier molecular flexibility index (Phi) is 3.80. The molecular formula is C11H12ClFN2O3S. The van der Waals surface area contributed by atoms with Gasteiger partial charge in [-0.3, -0.25) is 4.79 Å². The Morgan fingerprint density at radius 1 is 1.47 bits per heavy atom. The predicted molar refractivity (Wildman–Crippen MR) is 69.8 cm³/mol. The van der Waals surface area contributed by atoms with Gasteiger partial charge in [-0.1, -0.05) is 11.6 Å². The molecule has 104 valence electrons. The van der Waals surface area contributed by atoms with E-state index in [4.69, 9.17) is 16.7 Å². The average Bonchev–Trinajstić information content (AvgIpc) is 2.61. The molecule has 1 saturated heterocycles. The van der Waals surface area contributed by atoms with Crippen molar-refractivity contribution < 1.29 is 17.6 Å². The maximum Gasteiger partial charge on any atom is 0.227 e. The summed E-state index contributed by atoms with van der Waals surface area (Å²) in [6.07, 6.45) is 0.0840. The van der Waals surface area contributed by atoms with E-state index in [0.717, 1.165) is 6.07 Å². The zero-order valence-corrected chi connectivity index (χ0v) is 11.4. The Morgan fingerprint density at radius 3 is 2.74 bits per heavy atom. The van der Waals surface area contributed by atoms with E-state index >= 15 is 0 Å². The molecule has 1 atom stereocenters. The molecule has 1 aromatic rings. The standard InChI is InChI=1S/C11H12ClFN2O3S/c12-9-2-1-8(4-10(9)13)15-5-7(3-11(15)16)6-19(14,17)18/h1-2,4,7H,3,5-6H2,(H2,14,17,18). The van der Waals surface area contributed by atoms with Crippen LogP contribution in [-0.4, -0.2) is 26.6 Å². The molecule has 1 aliphatic heterocycles. The average molecular weight is 307 g/mol. The second kappa shape index (κ2) is 5.07. The van der Waals surface area contributed by atoms with Crippen molar-refractivity contribution in [3.63, 3.8) is 0 Å². The minimum Gasteiger partial charge on any atom is -0.312 e. The van der Waals surface area contributed by atoms with Gasteiger partial charge >= 0.3 is 0 Å². The molecule has 2 rings (SSSR count). The quantitative estimate of drug-likeness (QED) is 0.908. The van der Waals surface area contributed by atoms with Gasteiger partial charge in [-0.2, -0.15) is 0 Å². The lowest BCUT2D eigenvalue weighted by Gasteiger charge is -2.16. The largest absolute Gasteiger partial charge is 0.312 e. The highest BCUT2D eigenvalue weighted by Crippen LogP contribution is 2.28. The summed E-state index contributed by atoms with van der Waals surface area (Å²) in [6, 6.07) is 4.02. The molecule has 1 aromatic carbocycles. The highest BCUT2D eigenvalue weighted by Gasteiger charge is 2.33. The van der Waals surface area contributed by atoms with Crippen molar-refractivity contribution in [1.82, 2.24) is 0 Å². The Bertz CT molecular complexity index is 620. The van der Waals surface area contributed by atoms with Crippen molar-refractivity contribution in [1.29, 1.82) is 0 Å². The van der Waals surface area contributed by atoms with E-state index in [9.17, 15) is 17.6 Å². The predicted octanol–water partition coefficient (Wildman–Crippen LogP) is 1.12. The fraction of sp³-hybridized carbons (Fsp3) is 0.364. The van der Waals surface area contributed by atoms with Gasteiger partial charge in [0, 0.05) is 24.6 Å². The van der Waals surface area contributed by atoms with Crippen LogP contribution in [0, 0.1) is 11.7 Å². The molecule has 0 aliphatic carbocycles. The molecular weight excluding hydrogens is 295 g/mol. The van der Waals surface area contributed by atoms with Crippen LogP contribution in [-0.2, 0) is 14.8 Å². The fourth-order valence-corrected chi connectivity index (χ4v) is 3.12. The monoisotopic (exact) mass is 306 g/mol. The smallest absolute Gasteiger partial charge is 0.227 e. The second-order valence-electron chi connectivity index (χ2n) is 4.50. The first-order chi connectivity index (χ1) is 8.76. The van der Waals surface area contributed by atoms with Gasteiger partial charge in [-0.05, 0) is 18.2 Å². The summed E-state index contributed by atoms with van der Waals surface area (Å²) >= 11 is 5.57. The third-order valence-electron chi connectivity index (χ3n) is 2.89. The number of benzene rings is 1. The summed E-state index contributed by atoms with van der Waals surface area (Å²) in [5, 5.41) is 4.92. The number of sulfonamides is 1. The number of carbonyl (C=O) groups is 1. The summed E-state index contributed by atoms with van der Waals surface area (Å²) in [5.41, 5.74) is 0.365. The molecule has 1 amide bonds. The van der Waals surface area contributed by atoms with Gasteiger partial charge in [0.1, 0.15) is 5.82 Å². The number of amides is 1. The highest BCUT2D eigenvalue weighted by atomic mass is 35.5. The van der Waals surface area contributed by atoms with Crippen LogP contribution in [0.15, 0.2) is 18.2 Å². The molecule has 19 heavy (non-hydrogen) atoms. The van der Waals surface area contributed by atoms with Gasteiger partial charge in [0.25, 0.3) is 0 Å². The minimum absolute atomic E-state index is 0.0310. The lowest BCUT2D eigenvalue weighted by Crippen LogP contribution is -2.27. The lowest BCUT2D eigenvalue weighted by atomic mass is 10.1. The summed E-state index contributed by atoms with van der Waals surface area (Å²) in [5.74, 6) is -1.51. The van der Waals surface area contributed by atoms with Crippen molar-refractivity contribution in [2.24, 2.45) is 11.1 Å². The van der Waals surface area contributed by atoms with Crippen molar-refractivity contribution in [3.8, 4) is 0 Å². The topological polar surface area (TPSA) is 80.5 Å². The molecule has 0 bridgehead atoms. The molecule has 0 radical (unpaired) electrons. The molecule has 5 nitrogen and oxygen atoms in total. The molecule has 1 fully saturated rings. The molecule has 0 spiro atoms. The Labute approximate surface area is 115 Å². The van der Waals surface area contributed by atoms with Crippen LogP contribution in [0.5, 0.6) is 0 Å². The van der Waals surface area contributed by atoms with E-state index in [1.165, 1.54) is 17.0 Å². The van der Waals surface area contributed by atoms with Gasteiger partial charge in [0.15, 0.2) is 0 Å². The van der Waals surface area contributed by atoms with Crippen LogP contribution < -0.4 is 10.0 Å². The number of nitrogens with two attached hydrogens (primary N) is 1. The van der Waals surface area contributed by atoms with Crippen LogP contribution in [0.1, 0.15) is 6.42 Å². The first-order valence-corrected chi connectivity index (χ1v) is 7.61. The van der Waals surface area contributed by atoms with E-state index < -0.39 is 15.8 Å². The first-order valence-electron chi connectivity index (χ1n) is 5.52. The minimum atomic E-state index is -3.63. The maximum absolute atomic E-state index is 13.3. The molecule has 1 unspecified atom stereocenters. The van der Waals surface area contributed by atoms with E-state index in [2.05, 4.69) is 0 Å². The maximum atomic E-state index is 13.3. The molecule has 8 heteroatoms. The van der Waals surface area contributed by atoms with Crippen LogP contribution in [0.25, 0.3) is 0 Å². The lowest BCUT2D eigenvalue weighted by molar-refractivity contribution is -0.117. The molecule has 2 N–H and O–H groups in total. The van der Waals surface area contributed by atoms with Crippen molar-refractivity contribution in [2.75, 3.05) is 17.2 Å². The number of anilines is 1. The molecule has 0 saturated carbocycles. The molecule has 1 aliphatic rings. The van der Waals surface area contributed by atoms with Crippen LogP contribution in [0.3, 0.4) is 0 Å². The van der Waals surface area contributed by atoms with Gasteiger partial charge in [-0.15, -0.1) is 0 Å². The molecule has 1 heterocycles. The van der Waals surface area contributed by atoms with E-state index in [0.29, 0.717) is 5.69 Å². The van der Waals surface area contributed by atoms with Crippen LogP contribution >= 0.6 is 11.6 Å². The number of halogens is 2. The van der Waals surface area contributed by atoms with Crippen molar-refractivity contribution >= 4 is 33.2 Å².